The highest BCUT2D eigenvalue weighted by Crippen LogP contribution is 2.15. The van der Waals surface area contributed by atoms with Crippen molar-refractivity contribution in [2.45, 2.75) is 18.4 Å². The number of nitrogens with one attached hydrogen (secondary N) is 2. The largest absolute Gasteiger partial charge is 0.356 e. The highest BCUT2D eigenvalue weighted by molar-refractivity contribution is 7.99. The van der Waals surface area contributed by atoms with Crippen molar-refractivity contribution in [3.8, 4) is 5.82 Å². The number of aliphatic imine (C=N–C) groups is 1. The van der Waals surface area contributed by atoms with Crippen LogP contribution in [0.2, 0.25) is 0 Å². The molecule has 0 aliphatic heterocycles. The first-order chi connectivity index (χ1) is 13.3. The zero-order valence-corrected chi connectivity index (χ0v) is 16.4. The van der Waals surface area contributed by atoms with Crippen molar-refractivity contribution in [1.82, 2.24) is 25.2 Å². The third-order valence-corrected chi connectivity index (χ3v) is 4.99. The maximum Gasteiger partial charge on any atom is 0.191 e. The van der Waals surface area contributed by atoms with Gasteiger partial charge >= 0.3 is 0 Å². The summed E-state index contributed by atoms with van der Waals surface area (Å²) in [6.07, 6.45) is 5.56. The third kappa shape index (κ3) is 5.59. The van der Waals surface area contributed by atoms with Gasteiger partial charge in [0.05, 0.1) is 0 Å². The second kappa shape index (κ2) is 9.78. The summed E-state index contributed by atoms with van der Waals surface area (Å²) in [5, 5.41) is 6.66. The maximum absolute atomic E-state index is 4.51. The Kier molecular flexibility index (Phi) is 6.87. The highest BCUT2D eigenvalue weighted by Gasteiger charge is 2.03. The van der Waals surface area contributed by atoms with Gasteiger partial charge in [-0.05, 0) is 30.7 Å². The number of pyridine rings is 1. The van der Waals surface area contributed by atoms with E-state index in [4.69, 9.17) is 0 Å². The molecular formula is C20H24N6S. The summed E-state index contributed by atoms with van der Waals surface area (Å²) >= 11 is 1.83. The molecule has 1 aromatic carbocycles. The van der Waals surface area contributed by atoms with Gasteiger partial charge in [0, 0.05) is 49.4 Å². The standard InChI is InChI=1S/C20H24N6S/c1-16-22-10-12-26(16)19-9-8-17(14-24-19)15-25-20(21-2)23-11-13-27-18-6-4-3-5-7-18/h3-10,12,14H,11,13,15H2,1-2H3,(H2,21,23,25). The Bertz CT molecular complexity index is 858. The molecule has 3 aromatic rings. The topological polar surface area (TPSA) is 67.1 Å². The normalized spacial score (nSPS) is 11.4. The van der Waals surface area contributed by atoms with E-state index in [0.29, 0.717) is 6.54 Å². The Morgan fingerprint density at radius 2 is 1.96 bits per heavy atom. The summed E-state index contributed by atoms with van der Waals surface area (Å²) < 4.78 is 1.96. The van der Waals surface area contributed by atoms with Gasteiger partial charge in [0.25, 0.3) is 0 Å². The fourth-order valence-electron chi connectivity index (χ4n) is 2.55. The smallest absolute Gasteiger partial charge is 0.191 e. The molecule has 0 bridgehead atoms. The molecule has 7 heteroatoms. The molecule has 0 saturated heterocycles. The quantitative estimate of drug-likeness (QED) is 0.285. The Labute approximate surface area is 164 Å². The molecule has 140 valence electrons. The van der Waals surface area contributed by atoms with E-state index in [9.17, 15) is 0 Å². The average Bonchev–Trinajstić information content (AvgIpc) is 3.14. The molecule has 0 unspecified atom stereocenters. The van der Waals surface area contributed by atoms with E-state index in [1.54, 1.807) is 13.2 Å². The number of benzene rings is 1. The lowest BCUT2D eigenvalue weighted by Crippen LogP contribution is -2.37. The summed E-state index contributed by atoms with van der Waals surface area (Å²) in [5.74, 6) is 3.56. The zero-order chi connectivity index (χ0) is 18.9. The number of nitrogens with zero attached hydrogens (tertiary/aromatic N) is 4. The predicted molar refractivity (Wildman–Crippen MR) is 111 cm³/mol. The minimum atomic E-state index is 0.668. The van der Waals surface area contributed by atoms with Crippen molar-refractivity contribution in [3.63, 3.8) is 0 Å². The Morgan fingerprint density at radius 3 is 2.63 bits per heavy atom. The Hall–Kier alpha value is -2.80. The minimum absolute atomic E-state index is 0.668. The van der Waals surface area contributed by atoms with Gasteiger partial charge in [-0.3, -0.25) is 9.56 Å². The highest BCUT2D eigenvalue weighted by atomic mass is 32.2. The van der Waals surface area contributed by atoms with Gasteiger partial charge in [-0.1, -0.05) is 24.3 Å². The van der Waals surface area contributed by atoms with Gasteiger partial charge in [0.1, 0.15) is 11.6 Å². The second-order valence-electron chi connectivity index (χ2n) is 5.88. The first-order valence-electron chi connectivity index (χ1n) is 8.84. The lowest BCUT2D eigenvalue weighted by atomic mass is 10.3. The molecule has 0 aliphatic rings. The number of hydrogen-bond donors (Lipinski definition) is 2. The van der Waals surface area contributed by atoms with Crippen LogP contribution in [0.3, 0.4) is 0 Å². The van der Waals surface area contributed by atoms with Gasteiger partial charge in [-0.15, -0.1) is 11.8 Å². The SMILES string of the molecule is CN=C(NCCSc1ccccc1)NCc1ccc(-n2ccnc2C)nc1. The van der Waals surface area contributed by atoms with Crippen LogP contribution in [0.5, 0.6) is 0 Å². The van der Waals surface area contributed by atoms with E-state index < -0.39 is 0 Å². The molecule has 27 heavy (non-hydrogen) atoms. The fraction of sp³-hybridized carbons (Fsp3) is 0.250. The minimum Gasteiger partial charge on any atom is -0.356 e. The van der Waals surface area contributed by atoms with E-state index in [1.807, 2.05) is 47.8 Å². The van der Waals surface area contributed by atoms with Crippen LogP contribution < -0.4 is 10.6 Å². The number of aryl methyl sites for hydroxylation is 1. The van der Waals surface area contributed by atoms with E-state index in [-0.39, 0.29) is 0 Å². The molecule has 2 aromatic heterocycles. The fourth-order valence-corrected chi connectivity index (χ4v) is 3.33. The summed E-state index contributed by atoms with van der Waals surface area (Å²) in [5.41, 5.74) is 1.10. The van der Waals surface area contributed by atoms with Crippen molar-refractivity contribution < 1.29 is 0 Å². The van der Waals surface area contributed by atoms with Gasteiger partial charge in [-0.25, -0.2) is 9.97 Å². The van der Waals surface area contributed by atoms with E-state index >= 15 is 0 Å². The average molecular weight is 381 g/mol. The lowest BCUT2D eigenvalue weighted by molar-refractivity contribution is 0.826. The van der Waals surface area contributed by atoms with Crippen LogP contribution in [0.1, 0.15) is 11.4 Å². The molecule has 0 radical (unpaired) electrons. The van der Waals surface area contributed by atoms with Gasteiger partial charge in [0.2, 0.25) is 0 Å². The van der Waals surface area contributed by atoms with E-state index in [1.165, 1.54) is 4.90 Å². The van der Waals surface area contributed by atoms with Crippen molar-refractivity contribution in [3.05, 3.63) is 72.4 Å². The number of rotatable bonds is 7. The van der Waals surface area contributed by atoms with Crippen molar-refractivity contribution in [2.24, 2.45) is 4.99 Å². The number of guanidine groups is 1. The van der Waals surface area contributed by atoms with E-state index in [0.717, 1.165) is 35.5 Å². The van der Waals surface area contributed by atoms with Crippen molar-refractivity contribution in [2.75, 3.05) is 19.3 Å². The molecule has 0 atom stereocenters. The molecule has 6 nitrogen and oxygen atoms in total. The van der Waals surface area contributed by atoms with Crippen LogP contribution >= 0.6 is 11.8 Å². The predicted octanol–water partition coefficient (Wildman–Crippen LogP) is 3.03. The molecule has 0 amide bonds. The molecule has 2 N–H and O–H groups in total. The van der Waals surface area contributed by atoms with Gasteiger partial charge in [0.15, 0.2) is 5.96 Å². The summed E-state index contributed by atoms with van der Waals surface area (Å²) in [7, 11) is 1.78. The number of imidazole rings is 1. The Balaban J connectivity index is 1.43. The van der Waals surface area contributed by atoms with Crippen LogP contribution in [0.25, 0.3) is 5.82 Å². The molecule has 3 rings (SSSR count). The molecule has 0 spiro atoms. The molecule has 0 fully saturated rings. The van der Waals surface area contributed by atoms with Crippen molar-refractivity contribution >= 4 is 17.7 Å². The number of thioether (sulfide) groups is 1. The Morgan fingerprint density at radius 1 is 1.11 bits per heavy atom. The van der Waals surface area contributed by atoms with Gasteiger partial charge in [-0.2, -0.15) is 0 Å². The lowest BCUT2D eigenvalue weighted by Gasteiger charge is -2.12. The second-order valence-corrected chi connectivity index (χ2v) is 7.05. The maximum atomic E-state index is 4.51. The van der Waals surface area contributed by atoms with E-state index in [2.05, 4.69) is 55.9 Å². The van der Waals surface area contributed by atoms with Gasteiger partial charge < -0.3 is 10.6 Å². The molecular weight excluding hydrogens is 356 g/mol. The molecule has 0 saturated carbocycles. The number of aromatic nitrogens is 3. The van der Waals surface area contributed by atoms with Crippen LogP contribution in [-0.2, 0) is 6.54 Å². The summed E-state index contributed by atoms with van der Waals surface area (Å²) in [4.78, 5) is 14.3. The first kappa shape index (κ1) is 19.0. The zero-order valence-electron chi connectivity index (χ0n) is 15.6. The molecule has 0 aliphatic carbocycles. The molecule has 2 heterocycles. The third-order valence-electron chi connectivity index (χ3n) is 3.97. The van der Waals surface area contributed by atoms with Crippen LogP contribution in [-0.4, -0.2) is 39.8 Å². The summed E-state index contributed by atoms with van der Waals surface area (Å²) in [6.45, 7) is 3.47. The number of hydrogen-bond acceptors (Lipinski definition) is 4. The summed E-state index contributed by atoms with van der Waals surface area (Å²) in [6, 6.07) is 14.5. The van der Waals surface area contributed by atoms with Crippen LogP contribution in [0.4, 0.5) is 0 Å². The van der Waals surface area contributed by atoms with Crippen molar-refractivity contribution in [1.29, 1.82) is 0 Å². The first-order valence-corrected chi connectivity index (χ1v) is 9.82. The van der Waals surface area contributed by atoms with Crippen LogP contribution in [0, 0.1) is 6.92 Å². The van der Waals surface area contributed by atoms with Crippen LogP contribution in [0.15, 0.2) is 70.9 Å². The monoisotopic (exact) mass is 380 g/mol.